The number of fused-ring (bicyclic) bond motifs is 3. The molecule has 0 saturated carbocycles. The third-order valence-electron chi connectivity index (χ3n) is 4.21. The Balaban J connectivity index is 1.76. The molecule has 0 fully saturated rings. The van der Waals surface area contributed by atoms with Crippen molar-refractivity contribution in [1.82, 2.24) is 9.97 Å². The standard InChI is InChI=1S/C21H16N2O4/c1-2-26-21(25)27-19-11-16-15-10-14(20(24)13-6-4-3-5-7-13)8-9-17(15)23-18(16)12-22-19/h3-12,23H,2H2,1H3. The molecule has 6 heteroatoms. The summed E-state index contributed by atoms with van der Waals surface area (Å²) in [6.45, 7) is 1.92. The predicted octanol–water partition coefficient (Wildman–Crippen LogP) is 4.48. The number of benzene rings is 2. The number of hydrogen-bond acceptors (Lipinski definition) is 5. The van der Waals surface area contributed by atoms with Crippen molar-refractivity contribution in [2.75, 3.05) is 6.61 Å². The van der Waals surface area contributed by atoms with Gasteiger partial charge in [-0.05, 0) is 25.1 Å². The van der Waals surface area contributed by atoms with E-state index in [9.17, 15) is 9.59 Å². The van der Waals surface area contributed by atoms with Gasteiger partial charge in [0.05, 0.1) is 18.3 Å². The van der Waals surface area contributed by atoms with Crippen molar-refractivity contribution in [3.8, 4) is 5.88 Å². The molecule has 0 amide bonds. The quantitative estimate of drug-likeness (QED) is 0.428. The third kappa shape index (κ3) is 3.25. The molecule has 4 rings (SSSR count). The molecular weight excluding hydrogens is 344 g/mol. The smallest absolute Gasteiger partial charge is 0.434 e. The zero-order valence-corrected chi connectivity index (χ0v) is 14.6. The van der Waals surface area contributed by atoms with Crippen LogP contribution in [0.25, 0.3) is 21.8 Å². The molecule has 134 valence electrons. The number of ether oxygens (including phenoxy) is 2. The van der Waals surface area contributed by atoms with Gasteiger partial charge in [0, 0.05) is 33.5 Å². The van der Waals surface area contributed by atoms with Crippen LogP contribution in [0.1, 0.15) is 22.8 Å². The van der Waals surface area contributed by atoms with Crippen LogP contribution in [0.5, 0.6) is 5.88 Å². The van der Waals surface area contributed by atoms with Crippen LogP contribution in [0.4, 0.5) is 4.79 Å². The van der Waals surface area contributed by atoms with E-state index in [0.717, 1.165) is 21.8 Å². The predicted molar refractivity (Wildman–Crippen MR) is 101 cm³/mol. The topological polar surface area (TPSA) is 81.3 Å². The van der Waals surface area contributed by atoms with Crippen molar-refractivity contribution in [2.45, 2.75) is 6.92 Å². The number of pyridine rings is 1. The normalized spacial score (nSPS) is 10.9. The fraction of sp³-hybridized carbons (Fsp3) is 0.0952. The number of aromatic amines is 1. The summed E-state index contributed by atoms with van der Waals surface area (Å²) in [5, 5.41) is 1.66. The van der Waals surface area contributed by atoms with Crippen molar-refractivity contribution in [2.24, 2.45) is 0 Å². The van der Waals surface area contributed by atoms with Crippen LogP contribution in [0.2, 0.25) is 0 Å². The van der Waals surface area contributed by atoms with Gasteiger partial charge in [-0.1, -0.05) is 30.3 Å². The molecule has 0 radical (unpaired) electrons. The van der Waals surface area contributed by atoms with Gasteiger partial charge in [-0.25, -0.2) is 9.78 Å². The maximum atomic E-state index is 12.7. The first-order valence-corrected chi connectivity index (χ1v) is 8.51. The molecule has 2 aromatic carbocycles. The van der Waals surface area contributed by atoms with E-state index in [1.165, 1.54) is 0 Å². The lowest BCUT2D eigenvalue weighted by atomic mass is 10.0. The molecule has 6 nitrogen and oxygen atoms in total. The Morgan fingerprint density at radius 2 is 1.74 bits per heavy atom. The maximum absolute atomic E-state index is 12.7. The first-order valence-electron chi connectivity index (χ1n) is 8.51. The van der Waals surface area contributed by atoms with Crippen LogP contribution in [-0.2, 0) is 4.74 Å². The summed E-state index contributed by atoms with van der Waals surface area (Å²) in [7, 11) is 0. The minimum atomic E-state index is -0.802. The Morgan fingerprint density at radius 1 is 0.963 bits per heavy atom. The highest BCUT2D eigenvalue weighted by molar-refractivity contribution is 6.14. The molecule has 0 unspecified atom stereocenters. The Kier molecular flexibility index (Phi) is 4.30. The fourth-order valence-electron chi connectivity index (χ4n) is 2.97. The highest BCUT2D eigenvalue weighted by atomic mass is 16.7. The first kappa shape index (κ1) is 16.8. The van der Waals surface area contributed by atoms with Crippen LogP contribution in [-0.4, -0.2) is 28.5 Å². The average molecular weight is 360 g/mol. The summed E-state index contributed by atoms with van der Waals surface area (Å²) in [5.74, 6) is 0.0885. The number of ketones is 1. The molecule has 2 aromatic heterocycles. The number of H-pyrrole nitrogens is 1. The maximum Gasteiger partial charge on any atom is 0.515 e. The number of hydrogen-bond donors (Lipinski definition) is 1. The number of carbonyl (C=O) groups is 2. The summed E-state index contributed by atoms with van der Waals surface area (Å²) in [4.78, 5) is 31.6. The van der Waals surface area contributed by atoms with Gasteiger partial charge >= 0.3 is 6.16 Å². The van der Waals surface area contributed by atoms with E-state index in [0.29, 0.717) is 11.1 Å². The van der Waals surface area contributed by atoms with E-state index in [-0.39, 0.29) is 18.3 Å². The SMILES string of the molecule is CCOC(=O)Oc1cc2c(cn1)[nH]c1ccc(C(=O)c3ccccc3)cc12. The molecule has 0 saturated heterocycles. The second-order valence-electron chi connectivity index (χ2n) is 5.93. The summed E-state index contributed by atoms with van der Waals surface area (Å²) in [5.41, 5.74) is 2.86. The number of nitrogens with one attached hydrogen (secondary N) is 1. The summed E-state index contributed by atoms with van der Waals surface area (Å²) in [6.07, 6.45) is 0.784. The van der Waals surface area contributed by atoms with Gasteiger partial charge in [0.25, 0.3) is 0 Å². The number of nitrogens with zero attached hydrogens (tertiary/aromatic N) is 1. The molecule has 0 spiro atoms. The van der Waals surface area contributed by atoms with E-state index < -0.39 is 6.16 Å². The molecule has 0 aliphatic heterocycles. The van der Waals surface area contributed by atoms with Gasteiger partial charge in [-0.3, -0.25) is 4.79 Å². The van der Waals surface area contributed by atoms with Crippen molar-refractivity contribution >= 4 is 33.7 Å². The highest BCUT2D eigenvalue weighted by Gasteiger charge is 2.13. The minimum Gasteiger partial charge on any atom is -0.434 e. The van der Waals surface area contributed by atoms with Crippen LogP contribution < -0.4 is 4.74 Å². The Morgan fingerprint density at radius 3 is 2.52 bits per heavy atom. The summed E-state index contributed by atoms with van der Waals surface area (Å²) < 4.78 is 9.85. The lowest BCUT2D eigenvalue weighted by molar-refractivity contribution is 0.102. The summed E-state index contributed by atoms with van der Waals surface area (Å²) >= 11 is 0. The third-order valence-corrected chi connectivity index (χ3v) is 4.21. The minimum absolute atomic E-state index is 0.0519. The second-order valence-corrected chi connectivity index (χ2v) is 5.93. The van der Waals surface area contributed by atoms with Gasteiger partial charge in [0.1, 0.15) is 0 Å². The van der Waals surface area contributed by atoms with Gasteiger partial charge in [-0.15, -0.1) is 0 Å². The van der Waals surface area contributed by atoms with Crippen molar-refractivity contribution in [3.05, 3.63) is 71.9 Å². The van der Waals surface area contributed by atoms with Crippen LogP contribution in [0.3, 0.4) is 0 Å². The molecule has 2 heterocycles. The van der Waals surface area contributed by atoms with Gasteiger partial charge in [0.15, 0.2) is 5.78 Å². The first-order chi connectivity index (χ1) is 13.2. The number of carbonyl (C=O) groups excluding carboxylic acids is 2. The Bertz CT molecular complexity index is 1150. The van der Waals surface area contributed by atoms with E-state index in [2.05, 4.69) is 9.97 Å². The Hall–Kier alpha value is -3.67. The molecule has 0 atom stereocenters. The number of rotatable bonds is 4. The zero-order chi connectivity index (χ0) is 18.8. The molecule has 4 aromatic rings. The molecule has 0 bridgehead atoms. The number of aromatic nitrogens is 2. The second kappa shape index (κ2) is 6.92. The van der Waals surface area contributed by atoms with Gasteiger partial charge < -0.3 is 14.5 Å². The van der Waals surface area contributed by atoms with Crippen molar-refractivity contribution in [3.63, 3.8) is 0 Å². The molecule has 1 N–H and O–H groups in total. The van der Waals surface area contributed by atoms with Crippen LogP contribution >= 0.6 is 0 Å². The van der Waals surface area contributed by atoms with E-state index in [1.54, 1.807) is 37.4 Å². The summed E-state index contributed by atoms with van der Waals surface area (Å²) in [6, 6.07) is 16.3. The van der Waals surface area contributed by atoms with E-state index in [4.69, 9.17) is 9.47 Å². The molecule has 0 aliphatic carbocycles. The van der Waals surface area contributed by atoms with Crippen molar-refractivity contribution in [1.29, 1.82) is 0 Å². The monoisotopic (exact) mass is 360 g/mol. The average Bonchev–Trinajstić information content (AvgIpc) is 3.05. The van der Waals surface area contributed by atoms with E-state index >= 15 is 0 Å². The lowest BCUT2D eigenvalue weighted by Crippen LogP contribution is -2.10. The van der Waals surface area contributed by atoms with Crippen LogP contribution in [0, 0.1) is 0 Å². The fourth-order valence-corrected chi connectivity index (χ4v) is 2.97. The highest BCUT2D eigenvalue weighted by Crippen LogP contribution is 2.29. The zero-order valence-electron chi connectivity index (χ0n) is 14.6. The van der Waals surface area contributed by atoms with Crippen LogP contribution in [0.15, 0.2) is 60.8 Å². The van der Waals surface area contributed by atoms with Crippen molar-refractivity contribution < 1.29 is 19.1 Å². The molecule has 0 aliphatic rings. The lowest BCUT2D eigenvalue weighted by Gasteiger charge is -2.03. The largest absolute Gasteiger partial charge is 0.515 e. The Labute approximate surface area is 154 Å². The molecule has 27 heavy (non-hydrogen) atoms. The van der Waals surface area contributed by atoms with Gasteiger partial charge in [-0.2, -0.15) is 0 Å². The van der Waals surface area contributed by atoms with Gasteiger partial charge in [0.2, 0.25) is 5.88 Å². The van der Waals surface area contributed by atoms with E-state index in [1.807, 2.05) is 30.3 Å². The molecular formula is C21H16N2O4.